The summed E-state index contributed by atoms with van der Waals surface area (Å²) in [6.45, 7) is 5.06. The first kappa shape index (κ1) is 17.4. The first-order valence-corrected chi connectivity index (χ1v) is 9.82. The molecule has 1 aromatic heterocycles. The Morgan fingerprint density at radius 3 is 2.75 bits per heavy atom. The van der Waals surface area contributed by atoms with Crippen molar-refractivity contribution >= 4 is 5.91 Å². The summed E-state index contributed by atoms with van der Waals surface area (Å²) in [6.07, 6.45) is 11.1. The first-order chi connectivity index (χ1) is 11.7. The maximum atomic E-state index is 12.8. The SMILES string of the molecule is CC[C@@H](C)c1noc([C@H]2CCCCN2C(=O)CCC2CCCC2)n1. The van der Waals surface area contributed by atoms with E-state index in [9.17, 15) is 4.79 Å². The van der Waals surface area contributed by atoms with Crippen molar-refractivity contribution in [1.82, 2.24) is 15.0 Å². The van der Waals surface area contributed by atoms with Gasteiger partial charge in [0.1, 0.15) is 6.04 Å². The molecule has 2 fully saturated rings. The molecule has 1 saturated carbocycles. The highest BCUT2D eigenvalue weighted by Crippen LogP contribution is 2.33. The monoisotopic (exact) mass is 333 g/mol. The van der Waals surface area contributed by atoms with Crippen LogP contribution >= 0.6 is 0 Å². The van der Waals surface area contributed by atoms with Crippen molar-refractivity contribution < 1.29 is 9.32 Å². The van der Waals surface area contributed by atoms with Crippen molar-refractivity contribution in [3.05, 3.63) is 11.7 Å². The molecule has 2 heterocycles. The maximum Gasteiger partial charge on any atom is 0.249 e. The molecule has 5 heteroatoms. The maximum absolute atomic E-state index is 12.8. The summed E-state index contributed by atoms with van der Waals surface area (Å²) in [5.74, 6) is 2.75. The minimum absolute atomic E-state index is 0.0138. The minimum atomic E-state index is -0.0138. The molecular formula is C19H31N3O2. The van der Waals surface area contributed by atoms with E-state index in [4.69, 9.17) is 4.52 Å². The molecule has 0 bridgehead atoms. The number of aromatic nitrogens is 2. The predicted octanol–water partition coefficient (Wildman–Crippen LogP) is 4.61. The summed E-state index contributed by atoms with van der Waals surface area (Å²) in [4.78, 5) is 19.4. The fourth-order valence-corrected chi connectivity index (χ4v) is 4.02. The lowest BCUT2D eigenvalue weighted by Gasteiger charge is -2.33. The molecule has 0 aromatic carbocycles. The molecular weight excluding hydrogens is 302 g/mol. The number of amides is 1. The molecule has 3 rings (SSSR count). The van der Waals surface area contributed by atoms with E-state index >= 15 is 0 Å². The summed E-state index contributed by atoms with van der Waals surface area (Å²) >= 11 is 0. The van der Waals surface area contributed by atoms with Gasteiger partial charge in [0.05, 0.1) is 0 Å². The first-order valence-electron chi connectivity index (χ1n) is 9.82. The van der Waals surface area contributed by atoms with Crippen molar-refractivity contribution in [2.24, 2.45) is 5.92 Å². The van der Waals surface area contributed by atoms with Gasteiger partial charge in [-0.25, -0.2) is 0 Å². The van der Waals surface area contributed by atoms with Crippen LogP contribution in [0.1, 0.15) is 102 Å². The minimum Gasteiger partial charge on any atom is -0.337 e. The number of piperidine rings is 1. The van der Waals surface area contributed by atoms with E-state index in [-0.39, 0.29) is 11.9 Å². The van der Waals surface area contributed by atoms with Crippen molar-refractivity contribution in [3.63, 3.8) is 0 Å². The highest BCUT2D eigenvalue weighted by molar-refractivity contribution is 5.76. The highest BCUT2D eigenvalue weighted by Gasteiger charge is 2.32. The van der Waals surface area contributed by atoms with E-state index in [0.717, 1.165) is 50.4 Å². The Morgan fingerprint density at radius 1 is 1.25 bits per heavy atom. The van der Waals surface area contributed by atoms with Crippen molar-refractivity contribution in [2.75, 3.05) is 6.54 Å². The van der Waals surface area contributed by atoms with Crippen LogP contribution in [0.3, 0.4) is 0 Å². The third-order valence-electron chi connectivity index (χ3n) is 5.86. The molecule has 1 saturated heterocycles. The van der Waals surface area contributed by atoms with Crippen LogP contribution in [0, 0.1) is 5.92 Å². The molecule has 134 valence electrons. The van der Waals surface area contributed by atoms with Crippen LogP contribution in [0.4, 0.5) is 0 Å². The summed E-state index contributed by atoms with van der Waals surface area (Å²) < 4.78 is 5.53. The van der Waals surface area contributed by atoms with Crippen LogP contribution in [0.15, 0.2) is 4.52 Å². The van der Waals surface area contributed by atoms with E-state index in [1.807, 2.05) is 4.90 Å². The number of hydrogen-bond acceptors (Lipinski definition) is 4. The van der Waals surface area contributed by atoms with Gasteiger partial charge < -0.3 is 9.42 Å². The molecule has 0 N–H and O–H groups in total. The van der Waals surface area contributed by atoms with E-state index in [2.05, 4.69) is 24.0 Å². The largest absolute Gasteiger partial charge is 0.337 e. The Bertz CT molecular complexity index is 536. The third-order valence-corrected chi connectivity index (χ3v) is 5.86. The van der Waals surface area contributed by atoms with Gasteiger partial charge in [-0.05, 0) is 38.0 Å². The predicted molar refractivity (Wildman–Crippen MR) is 92.5 cm³/mol. The van der Waals surface area contributed by atoms with Crippen molar-refractivity contribution in [2.45, 2.75) is 90.0 Å². The molecule has 1 aliphatic carbocycles. The standard InChI is InChI=1S/C19H31N3O2/c1-3-14(2)18-20-19(24-21-18)16-10-6-7-13-22(16)17(23)12-11-15-8-4-5-9-15/h14-16H,3-13H2,1-2H3/t14-,16-/m1/s1. The Labute approximate surface area is 145 Å². The smallest absolute Gasteiger partial charge is 0.249 e. The van der Waals surface area contributed by atoms with Crippen molar-refractivity contribution in [1.29, 1.82) is 0 Å². The fraction of sp³-hybridized carbons (Fsp3) is 0.842. The van der Waals surface area contributed by atoms with Gasteiger partial charge in [0.2, 0.25) is 11.8 Å². The van der Waals surface area contributed by atoms with Gasteiger partial charge in [-0.2, -0.15) is 4.98 Å². The second-order valence-electron chi connectivity index (χ2n) is 7.59. The van der Waals surface area contributed by atoms with Crippen LogP contribution in [0.25, 0.3) is 0 Å². The number of carbonyl (C=O) groups excluding carboxylic acids is 1. The van der Waals surface area contributed by atoms with Crippen LogP contribution in [-0.4, -0.2) is 27.5 Å². The molecule has 0 spiro atoms. The molecule has 1 aromatic rings. The van der Waals surface area contributed by atoms with Gasteiger partial charge in [-0.15, -0.1) is 0 Å². The van der Waals surface area contributed by atoms with E-state index in [1.165, 1.54) is 25.7 Å². The Balaban J connectivity index is 1.63. The van der Waals surface area contributed by atoms with E-state index < -0.39 is 0 Å². The fourth-order valence-electron chi connectivity index (χ4n) is 4.02. The normalized spacial score (nSPS) is 23.6. The van der Waals surface area contributed by atoms with Gasteiger partial charge in [0.25, 0.3) is 0 Å². The quantitative estimate of drug-likeness (QED) is 0.763. The van der Waals surface area contributed by atoms with Gasteiger partial charge in [-0.3, -0.25) is 4.79 Å². The van der Waals surface area contributed by atoms with E-state index in [1.54, 1.807) is 0 Å². The van der Waals surface area contributed by atoms with Crippen LogP contribution in [0.5, 0.6) is 0 Å². The average molecular weight is 333 g/mol. The molecule has 0 unspecified atom stereocenters. The average Bonchev–Trinajstić information content (AvgIpc) is 3.30. The molecule has 2 aliphatic rings. The van der Waals surface area contributed by atoms with Crippen molar-refractivity contribution in [3.8, 4) is 0 Å². The molecule has 24 heavy (non-hydrogen) atoms. The summed E-state index contributed by atoms with van der Waals surface area (Å²) in [5, 5.41) is 4.14. The van der Waals surface area contributed by atoms with Crippen LogP contribution in [-0.2, 0) is 4.79 Å². The van der Waals surface area contributed by atoms with Crippen LogP contribution in [0.2, 0.25) is 0 Å². The highest BCUT2D eigenvalue weighted by atomic mass is 16.5. The van der Waals surface area contributed by atoms with E-state index in [0.29, 0.717) is 18.2 Å². The number of carbonyl (C=O) groups is 1. The topological polar surface area (TPSA) is 59.2 Å². The van der Waals surface area contributed by atoms with Gasteiger partial charge >= 0.3 is 0 Å². The zero-order valence-electron chi connectivity index (χ0n) is 15.2. The number of likely N-dealkylation sites (tertiary alicyclic amines) is 1. The number of nitrogens with zero attached hydrogens (tertiary/aromatic N) is 3. The third kappa shape index (κ3) is 3.98. The summed E-state index contributed by atoms with van der Waals surface area (Å²) in [7, 11) is 0. The van der Waals surface area contributed by atoms with Gasteiger partial charge in [0.15, 0.2) is 5.82 Å². The molecule has 2 atom stereocenters. The Hall–Kier alpha value is -1.39. The zero-order chi connectivity index (χ0) is 16.9. The molecule has 1 aliphatic heterocycles. The second kappa shape index (κ2) is 8.13. The van der Waals surface area contributed by atoms with Gasteiger partial charge in [0, 0.05) is 18.9 Å². The molecule has 1 amide bonds. The molecule has 5 nitrogen and oxygen atoms in total. The second-order valence-corrected chi connectivity index (χ2v) is 7.59. The number of hydrogen-bond donors (Lipinski definition) is 0. The summed E-state index contributed by atoms with van der Waals surface area (Å²) in [6, 6.07) is -0.0138. The lowest BCUT2D eigenvalue weighted by Crippen LogP contribution is -2.38. The zero-order valence-corrected chi connectivity index (χ0v) is 15.2. The van der Waals surface area contributed by atoms with Crippen LogP contribution < -0.4 is 0 Å². The Morgan fingerprint density at radius 2 is 2.00 bits per heavy atom. The Kier molecular flexibility index (Phi) is 5.90. The number of rotatable bonds is 6. The lowest BCUT2D eigenvalue weighted by molar-refractivity contribution is -0.136. The van der Waals surface area contributed by atoms with Gasteiger partial charge in [-0.1, -0.05) is 44.7 Å². The lowest BCUT2D eigenvalue weighted by atomic mass is 9.98. The molecule has 0 radical (unpaired) electrons. The summed E-state index contributed by atoms with van der Waals surface area (Å²) in [5.41, 5.74) is 0.